The van der Waals surface area contributed by atoms with Crippen LogP contribution in [0.1, 0.15) is 45.2 Å². The molecule has 10 nitrogen and oxygen atoms in total. The van der Waals surface area contributed by atoms with E-state index in [4.69, 9.17) is 4.74 Å². The Hall–Kier alpha value is -5.45. The lowest BCUT2D eigenvalue weighted by Crippen LogP contribution is -2.50. The summed E-state index contributed by atoms with van der Waals surface area (Å²) in [5.74, 6) is -1.39. The van der Waals surface area contributed by atoms with Crippen LogP contribution in [-0.2, 0) is 0 Å². The molecule has 11 heteroatoms. The number of aromatic nitrogens is 1. The Morgan fingerprint density at radius 2 is 1.67 bits per heavy atom. The number of carboxylic acids is 1. The van der Waals surface area contributed by atoms with Gasteiger partial charge in [0.15, 0.2) is 5.78 Å². The van der Waals surface area contributed by atoms with Crippen LogP contribution in [0.25, 0.3) is 17.0 Å². The first-order valence-electron chi connectivity index (χ1n) is 14.6. The number of urea groups is 1. The van der Waals surface area contributed by atoms with Gasteiger partial charge in [-0.15, -0.1) is 0 Å². The highest BCUT2D eigenvalue weighted by atomic mass is 19.1. The third kappa shape index (κ3) is 6.28. The molecule has 1 saturated heterocycles. The molecule has 1 aromatic heterocycles. The SMILES string of the molecule is COc1ccc(/C=C/C(=O)c2ccc(NC(=O)N3CCN(c4cc5c(cc4F)c(=O)c(C(=O)O)cn5C4CC4)CC3)cc2)cc1. The number of carbonyl (C=O) groups is 3. The molecule has 45 heavy (non-hydrogen) atoms. The molecule has 2 amide bonds. The summed E-state index contributed by atoms with van der Waals surface area (Å²) >= 11 is 0. The van der Waals surface area contributed by atoms with E-state index < -0.39 is 17.2 Å². The maximum absolute atomic E-state index is 15.3. The summed E-state index contributed by atoms with van der Waals surface area (Å²) in [6.45, 7) is 1.40. The fraction of sp³-hybridized carbons (Fsp3) is 0.235. The molecule has 1 aliphatic carbocycles. The number of nitrogens with one attached hydrogen (secondary N) is 1. The maximum atomic E-state index is 15.3. The molecule has 4 aromatic rings. The monoisotopic (exact) mass is 610 g/mol. The van der Waals surface area contributed by atoms with Gasteiger partial charge in [0.25, 0.3) is 0 Å². The summed E-state index contributed by atoms with van der Waals surface area (Å²) in [5.41, 5.74) is 1.62. The fourth-order valence-corrected chi connectivity index (χ4v) is 5.46. The van der Waals surface area contributed by atoms with Crippen molar-refractivity contribution in [1.29, 1.82) is 0 Å². The van der Waals surface area contributed by atoms with Crippen LogP contribution >= 0.6 is 0 Å². The summed E-state index contributed by atoms with van der Waals surface area (Å²) in [6, 6.07) is 16.5. The van der Waals surface area contributed by atoms with Crippen LogP contribution in [0.4, 0.5) is 20.6 Å². The van der Waals surface area contributed by atoms with Crippen LogP contribution in [0.15, 0.2) is 77.7 Å². The van der Waals surface area contributed by atoms with E-state index in [1.54, 1.807) is 53.0 Å². The van der Waals surface area contributed by atoms with Crippen molar-refractivity contribution in [1.82, 2.24) is 9.47 Å². The van der Waals surface area contributed by atoms with Crippen molar-refractivity contribution in [3.05, 3.63) is 106 Å². The second-order valence-electron chi connectivity index (χ2n) is 11.1. The van der Waals surface area contributed by atoms with E-state index in [-0.39, 0.29) is 28.8 Å². The first-order chi connectivity index (χ1) is 21.7. The summed E-state index contributed by atoms with van der Waals surface area (Å²) in [7, 11) is 1.59. The summed E-state index contributed by atoms with van der Waals surface area (Å²) < 4.78 is 22.2. The maximum Gasteiger partial charge on any atom is 0.341 e. The number of hydrogen-bond acceptors (Lipinski definition) is 6. The number of piperazine rings is 1. The minimum absolute atomic E-state index is 0.0436. The van der Waals surface area contributed by atoms with Crippen molar-refractivity contribution in [2.45, 2.75) is 18.9 Å². The average molecular weight is 611 g/mol. The van der Waals surface area contributed by atoms with Crippen LogP contribution in [0.5, 0.6) is 5.75 Å². The number of halogens is 1. The zero-order chi connectivity index (χ0) is 31.7. The number of fused-ring (bicyclic) bond motifs is 1. The average Bonchev–Trinajstić information content (AvgIpc) is 3.90. The third-order valence-corrected chi connectivity index (χ3v) is 8.14. The molecule has 0 atom stereocenters. The Morgan fingerprint density at radius 3 is 2.29 bits per heavy atom. The Balaban J connectivity index is 1.08. The highest BCUT2D eigenvalue weighted by Crippen LogP contribution is 2.38. The lowest BCUT2D eigenvalue weighted by atomic mass is 10.1. The Bertz CT molecular complexity index is 1870. The number of rotatable bonds is 8. The van der Waals surface area contributed by atoms with Crippen LogP contribution in [0.2, 0.25) is 0 Å². The van der Waals surface area contributed by atoms with Gasteiger partial charge < -0.3 is 29.5 Å². The van der Waals surface area contributed by atoms with Crippen molar-refractivity contribution < 1.29 is 28.6 Å². The second kappa shape index (κ2) is 12.3. The first kappa shape index (κ1) is 29.6. The Labute approximate surface area is 257 Å². The number of methoxy groups -OCH3 is 1. The molecule has 0 bridgehead atoms. The number of amides is 2. The molecule has 0 radical (unpaired) electrons. The van der Waals surface area contributed by atoms with E-state index in [0.717, 1.165) is 30.2 Å². The molecule has 3 aromatic carbocycles. The third-order valence-electron chi connectivity index (χ3n) is 8.14. The molecule has 0 spiro atoms. The van der Waals surface area contributed by atoms with Gasteiger partial charge in [-0.25, -0.2) is 14.0 Å². The number of pyridine rings is 1. The lowest BCUT2D eigenvalue weighted by molar-refractivity contribution is 0.0694. The molecular formula is C34H31FN4O6. The van der Waals surface area contributed by atoms with Crippen LogP contribution in [-0.4, -0.2) is 65.6 Å². The van der Waals surface area contributed by atoms with Crippen molar-refractivity contribution in [2.75, 3.05) is 43.5 Å². The van der Waals surface area contributed by atoms with Gasteiger partial charge in [-0.2, -0.15) is 0 Å². The van der Waals surface area contributed by atoms with E-state index >= 15 is 4.39 Å². The highest BCUT2D eigenvalue weighted by Gasteiger charge is 2.29. The molecule has 2 N–H and O–H groups in total. The molecule has 2 fully saturated rings. The molecule has 2 aliphatic rings. The van der Waals surface area contributed by atoms with Gasteiger partial charge in [0.1, 0.15) is 17.1 Å². The second-order valence-corrected chi connectivity index (χ2v) is 11.1. The smallest absolute Gasteiger partial charge is 0.341 e. The van der Waals surface area contributed by atoms with E-state index in [2.05, 4.69) is 5.32 Å². The predicted molar refractivity (Wildman–Crippen MR) is 169 cm³/mol. The number of carboxylic acid groups (broad SMARTS) is 1. The van der Waals surface area contributed by atoms with Crippen LogP contribution < -0.4 is 20.4 Å². The van der Waals surface area contributed by atoms with E-state index in [1.807, 2.05) is 29.2 Å². The summed E-state index contributed by atoms with van der Waals surface area (Å²) in [4.78, 5) is 53.4. The quantitative estimate of drug-likeness (QED) is 0.202. The van der Waals surface area contributed by atoms with Gasteiger partial charge in [0, 0.05) is 55.1 Å². The minimum Gasteiger partial charge on any atom is -0.497 e. The van der Waals surface area contributed by atoms with Gasteiger partial charge in [-0.3, -0.25) is 9.59 Å². The normalized spacial score (nSPS) is 15.0. The number of anilines is 2. The van der Waals surface area contributed by atoms with Gasteiger partial charge in [-0.1, -0.05) is 18.2 Å². The van der Waals surface area contributed by atoms with E-state index in [0.29, 0.717) is 48.6 Å². The van der Waals surface area contributed by atoms with Gasteiger partial charge >= 0.3 is 12.0 Å². The highest BCUT2D eigenvalue weighted by molar-refractivity contribution is 6.07. The minimum atomic E-state index is -1.34. The molecule has 1 saturated carbocycles. The van der Waals surface area contributed by atoms with Crippen molar-refractivity contribution in [2.24, 2.45) is 0 Å². The predicted octanol–water partition coefficient (Wildman–Crippen LogP) is 5.43. The van der Waals surface area contributed by atoms with E-state index in [9.17, 15) is 24.3 Å². The number of allylic oxidation sites excluding steroid dienone is 1. The topological polar surface area (TPSA) is 121 Å². The number of carbonyl (C=O) groups excluding carboxylic acids is 2. The number of aromatic carboxylic acids is 1. The number of ketones is 1. The molecular weight excluding hydrogens is 579 g/mol. The number of nitrogens with zero attached hydrogens (tertiary/aromatic N) is 3. The fourth-order valence-electron chi connectivity index (χ4n) is 5.46. The van der Waals surface area contributed by atoms with Gasteiger partial charge in [0.05, 0.1) is 18.3 Å². The summed E-state index contributed by atoms with van der Waals surface area (Å²) in [6.07, 6.45) is 6.29. The number of benzene rings is 3. The van der Waals surface area contributed by atoms with Crippen molar-refractivity contribution >= 4 is 46.1 Å². The Kier molecular flexibility index (Phi) is 8.08. The standard InChI is InChI=1S/C34H31FN4O6/c1-45-25-11-2-21(3-12-25)4-13-31(40)22-5-7-23(8-6-22)36-34(44)38-16-14-37(15-17-38)30-19-29-26(18-28(30)35)32(41)27(33(42)43)20-39(29)24-9-10-24/h2-8,11-13,18-20,24H,9-10,14-17H2,1H3,(H,36,44)(H,42,43)/b13-4+. The molecule has 230 valence electrons. The molecule has 2 heterocycles. The van der Waals surface area contributed by atoms with Crippen molar-refractivity contribution in [3.63, 3.8) is 0 Å². The van der Waals surface area contributed by atoms with Gasteiger partial charge in [0.2, 0.25) is 5.43 Å². The number of hydrogen-bond donors (Lipinski definition) is 2. The molecule has 0 unspecified atom stereocenters. The molecule has 1 aliphatic heterocycles. The zero-order valence-corrected chi connectivity index (χ0v) is 24.5. The largest absolute Gasteiger partial charge is 0.497 e. The Morgan fingerprint density at radius 1 is 0.978 bits per heavy atom. The first-order valence-corrected chi connectivity index (χ1v) is 14.6. The van der Waals surface area contributed by atoms with Crippen molar-refractivity contribution in [3.8, 4) is 5.75 Å². The van der Waals surface area contributed by atoms with Gasteiger partial charge in [-0.05, 0) is 73.0 Å². The molecule has 6 rings (SSSR count). The lowest BCUT2D eigenvalue weighted by Gasteiger charge is -2.36. The number of ether oxygens (including phenoxy) is 1. The van der Waals surface area contributed by atoms with Crippen LogP contribution in [0, 0.1) is 5.82 Å². The zero-order valence-electron chi connectivity index (χ0n) is 24.5. The van der Waals surface area contributed by atoms with E-state index in [1.165, 1.54) is 12.3 Å². The summed E-state index contributed by atoms with van der Waals surface area (Å²) in [5, 5.41) is 12.4. The van der Waals surface area contributed by atoms with Crippen LogP contribution in [0.3, 0.4) is 0 Å².